The third-order valence-corrected chi connectivity index (χ3v) is 2.22. The zero-order valence-electron chi connectivity index (χ0n) is 7.15. The van der Waals surface area contributed by atoms with E-state index in [1.54, 1.807) is 5.57 Å². The van der Waals surface area contributed by atoms with Crippen LogP contribution in [0.3, 0.4) is 0 Å². The molecule has 0 amide bonds. The van der Waals surface area contributed by atoms with Crippen molar-refractivity contribution in [2.45, 2.75) is 33.6 Å². The van der Waals surface area contributed by atoms with E-state index in [4.69, 9.17) is 0 Å². The molecule has 0 saturated carbocycles. The number of allylic oxidation sites excluding steroid dienone is 4. The first-order valence-electron chi connectivity index (χ1n) is 4.08. The standard InChI is InChI=1S/C10H16/c1-4-9-5-6-10(7-9)8(2)3/h5-6,9H,4,7H2,1-3H3. The van der Waals surface area contributed by atoms with Crippen molar-refractivity contribution in [3.8, 4) is 0 Å². The Morgan fingerprint density at radius 1 is 1.60 bits per heavy atom. The van der Waals surface area contributed by atoms with Gasteiger partial charge in [0.2, 0.25) is 0 Å². The zero-order chi connectivity index (χ0) is 7.56. The van der Waals surface area contributed by atoms with E-state index in [0.717, 1.165) is 5.92 Å². The van der Waals surface area contributed by atoms with Crippen LogP contribution < -0.4 is 0 Å². The summed E-state index contributed by atoms with van der Waals surface area (Å²) in [6.45, 7) is 6.64. The molecule has 1 rings (SSSR count). The van der Waals surface area contributed by atoms with Gasteiger partial charge in [0.15, 0.2) is 0 Å². The molecule has 0 radical (unpaired) electrons. The summed E-state index contributed by atoms with van der Waals surface area (Å²) in [7, 11) is 0. The van der Waals surface area contributed by atoms with Gasteiger partial charge in [-0.05, 0) is 38.2 Å². The van der Waals surface area contributed by atoms with Gasteiger partial charge < -0.3 is 0 Å². The summed E-state index contributed by atoms with van der Waals surface area (Å²) in [5, 5.41) is 0. The molecule has 0 heterocycles. The topological polar surface area (TPSA) is 0 Å². The van der Waals surface area contributed by atoms with Crippen LogP contribution in [-0.2, 0) is 0 Å². The fourth-order valence-corrected chi connectivity index (χ4v) is 1.32. The highest BCUT2D eigenvalue weighted by Crippen LogP contribution is 2.26. The Balaban J connectivity index is 2.62. The first kappa shape index (κ1) is 7.59. The Hall–Kier alpha value is -0.520. The van der Waals surface area contributed by atoms with Gasteiger partial charge in [-0.1, -0.05) is 24.6 Å². The van der Waals surface area contributed by atoms with Crippen molar-refractivity contribution >= 4 is 0 Å². The van der Waals surface area contributed by atoms with Gasteiger partial charge in [0.25, 0.3) is 0 Å². The summed E-state index contributed by atoms with van der Waals surface area (Å²) < 4.78 is 0. The Bertz CT molecular complexity index is 168. The number of rotatable bonds is 1. The lowest BCUT2D eigenvalue weighted by Crippen LogP contribution is -1.88. The predicted octanol–water partition coefficient (Wildman–Crippen LogP) is 3.31. The lowest BCUT2D eigenvalue weighted by Gasteiger charge is -2.02. The quantitative estimate of drug-likeness (QED) is 0.518. The van der Waals surface area contributed by atoms with E-state index in [0.29, 0.717) is 0 Å². The van der Waals surface area contributed by atoms with E-state index in [9.17, 15) is 0 Å². The van der Waals surface area contributed by atoms with Crippen LogP contribution in [-0.4, -0.2) is 0 Å². The molecule has 0 fully saturated rings. The second-order valence-electron chi connectivity index (χ2n) is 3.26. The van der Waals surface area contributed by atoms with E-state index in [1.807, 2.05) is 0 Å². The maximum Gasteiger partial charge on any atom is -0.0192 e. The van der Waals surface area contributed by atoms with Crippen molar-refractivity contribution in [3.05, 3.63) is 23.3 Å². The van der Waals surface area contributed by atoms with Crippen molar-refractivity contribution in [1.82, 2.24) is 0 Å². The maximum atomic E-state index is 2.34. The molecular formula is C10H16. The van der Waals surface area contributed by atoms with Gasteiger partial charge in [-0.3, -0.25) is 0 Å². The fraction of sp³-hybridized carbons (Fsp3) is 0.600. The van der Waals surface area contributed by atoms with E-state index in [-0.39, 0.29) is 0 Å². The average molecular weight is 136 g/mol. The molecule has 0 N–H and O–H groups in total. The predicted molar refractivity (Wildman–Crippen MR) is 45.9 cm³/mol. The minimum atomic E-state index is 0.824. The highest BCUT2D eigenvalue weighted by atomic mass is 14.2. The summed E-state index contributed by atoms with van der Waals surface area (Å²) >= 11 is 0. The molecule has 0 nitrogen and oxygen atoms in total. The lowest BCUT2D eigenvalue weighted by atomic mass is 10.0. The van der Waals surface area contributed by atoms with Crippen molar-refractivity contribution in [3.63, 3.8) is 0 Å². The van der Waals surface area contributed by atoms with E-state index >= 15 is 0 Å². The van der Waals surface area contributed by atoms with Gasteiger partial charge in [-0.15, -0.1) is 0 Å². The molecule has 0 bridgehead atoms. The first-order chi connectivity index (χ1) is 4.74. The lowest BCUT2D eigenvalue weighted by molar-refractivity contribution is 0.647. The number of hydrogen-bond acceptors (Lipinski definition) is 0. The molecule has 1 atom stereocenters. The zero-order valence-corrected chi connectivity index (χ0v) is 7.15. The summed E-state index contributed by atoms with van der Waals surface area (Å²) in [6.07, 6.45) is 7.18. The summed E-state index contributed by atoms with van der Waals surface area (Å²) in [5.41, 5.74) is 3.03. The Morgan fingerprint density at radius 3 is 2.60 bits per heavy atom. The molecule has 0 spiro atoms. The Kier molecular flexibility index (Phi) is 2.31. The summed E-state index contributed by atoms with van der Waals surface area (Å²) in [6, 6.07) is 0. The van der Waals surface area contributed by atoms with Crippen molar-refractivity contribution < 1.29 is 0 Å². The van der Waals surface area contributed by atoms with Crippen LogP contribution >= 0.6 is 0 Å². The molecule has 1 aliphatic rings. The van der Waals surface area contributed by atoms with Crippen LogP contribution in [0, 0.1) is 5.92 Å². The van der Waals surface area contributed by atoms with Gasteiger partial charge in [0.1, 0.15) is 0 Å². The monoisotopic (exact) mass is 136 g/mol. The SMILES string of the molecule is CCC1C=CC(=C(C)C)C1. The molecule has 0 aromatic rings. The third kappa shape index (κ3) is 1.50. The van der Waals surface area contributed by atoms with Crippen LogP contribution in [0.2, 0.25) is 0 Å². The Morgan fingerprint density at radius 2 is 2.30 bits per heavy atom. The molecule has 56 valence electrons. The van der Waals surface area contributed by atoms with Gasteiger partial charge in [-0.25, -0.2) is 0 Å². The van der Waals surface area contributed by atoms with Gasteiger partial charge in [0.05, 0.1) is 0 Å². The third-order valence-electron chi connectivity index (χ3n) is 2.22. The average Bonchev–Trinajstić information content (AvgIpc) is 2.34. The summed E-state index contributed by atoms with van der Waals surface area (Å²) in [5.74, 6) is 0.824. The maximum absolute atomic E-state index is 2.34. The molecule has 0 heteroatoms. The molecule has 10 heavy (non-hydrogen) atoms. The first-order valence-corrected chi connectivity index (χ1v) is 4.08. The van der Waals surface area contributed by atoms with Gasteiger partial charge in [0, 0.05) is 0 Å². The van der Waals surface area contributed by atoms with Crippen molar-refractivity contribution in [1.29, 1.82) is 0 Å². The second-order valence-corrected chi connectivity index (χ2v) is 3.26. The highest BCUT2D eigenvalue weighted by Gasteiger charge is 2.10. The molecular weight excluding hydrogens is 120 g/mol. The molecule has 0 aromatic carbocycles. The highest BCUT2D eigenvalue weighted by molar-refractivity contribution is 5.29. The second kappa shape index (κ2) is 3.05. The minimum Gasteiger partial charge on any atom is -0.0808 e. The molecule has 1 unspecified atom stereocenters. The smallest absolute Gasteiger partial charge is 0.0192 e. The largest absolute Gasteiger partial charge is 0.0808 e. The molecule has 0 aliphatic heterocycles. The van der Waals surface area contributed by atoms with E-state index in [2.05, 4.69) is 32.9 Å². The van der Waals surface area contributed by atoms with E-state index < -0.39 is 0 Å². The fourth-order valence-electron chi connectivity index (χ4n) is 1.32. The van der Waals surface area contributed by atoms with Crippen molar-refractivity contribution in [2.24, 2.45) is 5.92 Å². The van der Waals surface area contributed by atoms with Crippen LogP contribution in [0.25, 0.3) is 0 Å². The Labute approximate surface area is 63.6 Å². The molecule has 0 saturated heterocycles. The minimum absolute atomic E-state index is 0.824. The number of hydrogen-bond donors (Lipinski definition) is 0. The van der Waals surface area contributed by atoms with Gasteiger partial charge in [-0.2, -0.15) is 0 Å². The molecule has 1 aliphatic carbocycles. The van der Waals surface area contributed by atoms with Gasteiger partial charge >= 0.3 is 0 Å². The van der Waals surface area contributed by atoms with Crippen LogP contribution in [0.1, 0.15) is 33.6 Å². The summed E-state index contributed by atoms with van der Waals surface area (Å²) in [4.78, 5) is 0. The van der Waals surface area contributed by atoms with Crippen LogP contribution in [0.15, 0.2) is 23.3 Å². The van der Waals surface area contributed by atoms with Crippen molar-refractivity contribution in [2.75, 3.05) is 0 Å². The van der Waals surface area contributed by atoms with Crippen LogP contribution in [0.4, 0.5) is 0 Å². The molecule has 0 aromatic heterocycles. The normalized spacial score (nSPS) is 23.9. The van der Waals surface area contributed by atoms with Crippen LogP contribution in [0.5, 0.6) is 0 Å². The van der Waals surface area contributed by atoms with E-state index in [1.165, 1.54) is 18.4 Å².